The highest BCUT2D eigenvalue weighted by molar-refractivity contribution is 5.54. The van der Waals surface area contributed by atoms with E-state index in [1.165, 1.54) is 50.1 Å². The van der Waals surface area contributed by atoms with E-state index in [1.807, 2.05) is 12.1 Å². The van der Waals surface area contributed by atoms with Crippen LogP contribution in [0.5, 0.6) is 23.0 Å². The van der Waals surface area contributed by atoms with Crippen molar-refractivity contribution in [3.05, 3.63) is 184 Å². The maximum Gasteiger partial charge on any atom is 0.161 e. The molecule has 8 rings (SSSR count). The first-order chi connectivity index (χ1) is 26.0. The van der Waals surface area contributed by atoms with Gasteiger partial charge in [0.15, 0.2) is 6.73 Å². The van der Waals surface area contributed by atoms with E-state index in [2.05, 4.69) is 173 Å². The van der Waals surface area contributed by atoms with Crippen molar-refractivity contribution in [3.8, 4) is 23.0 Å². The number of hydrogen-bond donors (Lipinski definition) is 0. The minimum absolute atomic E-state index is 0.137. The molecule has 0 unspecified atom stereocenters. The van der Waals surface area contributed by atoms with E-state index in [0.29, 0.717) is 13.5 Å². The molecule has 0 amide bonds. The second-order valence-electron chi connectivity index (χ2n) is 16.1. The third kappa shape index (κ3) is 7.34. The topological polar surface area (TPSA) is 34.2 Å². The Labute approximate surface area is 320 Å². The number of rotatable bonds is 9. The van der Waals surface area contributed by atoms with E-state index in [9.17, 15) is 0 Å². The average molecular weight is 715 g/mol. The molecule has 0 aliphatic carbocycles. The smallest absolute Gasteiger partial charge is 0.161 e. The van der Waals surface area contributed by atoms with Crippen molar-refractivity contribution in [2.75, 3.05) is 25.4 Å². The molecule has 2 aliphatic heterocycles. The van der Waals surface area contributed by atoms with E-state index in [4.69, 9.17) is 14.2 Å². The first-order valence-electron chi connectivity index (χ1n) is 19.0. The molecule has 6 aromatic rings. The van der Waals surface area contributed by atoms with Crippen LogP contribution in [-0.2, 0) is 30.3 Å². The van der Waals surface area contributed by atoms with Gasteiger partial charge in [0.1, 0.15) is 29.7 Å². The lowest BCUT2D eigenvalue weighted by molar-refractivity contribution is 0.121. The summed E-state index contributed by atoms with van der Waals surface area (Å²) < 4.78 is 18.5. The Balaban J connectivity index is 0.904. The molecule has 5 nitrogen and oxygen atoms in total. The molecule has 0 spiro atoms. The highest BCUT2D eigenvalue weighted by Gasteiger charge is 2.28. The summed E-state index contributed by atoms with van der Waals surface area (Å²) in [5.74, 6) is 3.56. The number of anilines is 1. The van der Waals surface area contributed by atoms with Gasteiger partial charge in [-0.15, -0.1) is 0 Å². The Morgan fingerprint density at radius 2 is 1.00 bits per heavy atom. The summed E-state index contributed by atoms with van der Waals surface area (Å²) in [4.78, 5) is 4.45. The van der Waals surface area contributed by atoms with Crippen LogP contribution in [0.15, 0.2) is 133 Å². The van der Waals surface area contributed by atoms with Crippen molar-refractivity contribution in [2.45, 2.75) is 65.0 Å². The van der Waals surface area contributed by atoms with Crippen molar-refractivity contribution in [3.63, 3.8) is 0 Å². The summed E-state index contributed by atoms with van der Waals surface area (Å²) in [6, 6.07) is 48.0. The van der Waals surface area contributed by atoms with Gasteiger partial charge in [-0.2, -0.15) is 0 Å². The third-order valence-corrected chi connectivity index (χ3v) is 11.4. The van der Waals surface area contributed by atoms with Crippen LogP contribution in [-0.4, -0.2) is 25.4 Å². The molecule has 6 aromatic carbocycles. The summed E-state index contributed by atoms with van der Waals surface area (Å²) in [5.41, 5.74) is 12.3. The Kier molecular flexibility index (Phi) is 9.45. The van der Waals surface area contributed by atoms with Crippen molar-refractivity contribution in [2.24, 2.45) is 0 Å². The quantitative estimate of drug-likeness (QED) is 0.149. The van der Waals surface area contributed by atoms with Gasteiger partial charge in [-0.1, -0.05) is 106 Å². The number of nitrogens with zero attached hydrogens (tertiary/aromatic N) is 2. The Morgan fingerprint density at radius 3 is 1.59 bits per heavy atom. The summed E-state index contributed by atoms with van der Waals surface area (Å²) in [6.45, 7) is 14.1. The standard InChI is InChI=1S/C49H50N2O3/c1-34-7-9-35(10-8-34)27-36-11-13-39(14-12-36)48(2,3)40-15-21-44(22-16-40)54-45-23-19-43(20-24-45)51-31-38-29-42(18-26-47(38)53-33-51)49(4,5)41-17-25-46-37(28-41)30-50(6)32-52-46/h7-26,28-29H,27,30-33H2,1-6H3. The lowest BCUT2D eigenvalue weighted by atomic mass is 9.77. The Bertz CT molecular complexity index is 2240. The van der Waals surface area contributed by atoms with Gasteiger partial charge in [-0.25, -0.2) is 0 Å². The number of fused-ring (bicyclic) bond motifs is 2. The SMILES string of the molecule is Cc1ccc(Cc2ccc(C(C)(C)c3ccc(Oc4ccc(N5COc6ccc(C(C)(C)c7ccc8c(c7)CN(C)CO8)cc6C5)cc4)cc3)cc2)cc1. The molecule has 54 heavy (non-hydrogen) atoms. The highest BCUT2D eigenvalue weighted by atomic mass is 16.5. The maximum atomic E-state index is 6.31. The maximum absolute atomic E-state index is 6.31. The van der Waals surface area contributed by atoms with Gasteiger partial charge < -0.3 is 19.1 Å². The number of hydrogen-bond acceptors (Lipinski definition) is 5. The van der Waals surface area contributed by atoms with Gasteiger partial charge in [0, 0.05) is 40.7 Å². The van der Waals surface area contributed by atoms with Crippen LogP contribution in [0.2, 0.25) is 0 Å². The van der Waals surface area contributed by atoms with E-state index >= 15 is 0 Å². The molecule has 0 saturated carbocycles. The van der Waals surface area contributed by atoms with E-state index in [0.717, 1.165) is 48.2 Å². The van der Waals surface area contributed by atoms with Crippen molar-refractivity contribution in [1.29, 1.82) is 0 Å². The number of benzene rings is 6. The van der Waals surface area contributed by atoms with Gasteiger partial charge in [0.05, 0.1) is 0 Å². The van der Waals surface area contributed by atoms with E-state index < -0.39 is 0 Å². The third-order valence-electron chi connectivity index (χ3n) is 11.4. The van der Waals surface area contributed by atoms with Gasteiger partial charge >= 0.3 is 0 Å². The molecule has 2 heterocycles. The summed E-state index contributed by atoms with van der Waals surface area (Å²) in [7, 11) is 2.09. The van der Waals surface area contributed by atoms with Crippen molar-refractivity contribution < 1.29 is 14.2 Å². The van der Waals surface area contributed by atoms with Crippen LogP contribution in [0, 0.1) is 6.92 Å². The van der Waals surface area contributed by atoms with Crippen LogP contribution in [0.3, 0.4) is 0 Å². The van der Waals surface area contributed by atoms with Crippen molar-refractivity contribution in [1.82, 2.24) is 4.90 Å². The lowest BCUT2D eigenvalue weighted by Gasteiger charge is -2.33. The van der Waals surface area contributed by atoms with Gasteiger partial charge in [-0.05, 0) is 114 Å². The summed E-state index contributed by atoms with van der Waals surface area (Å²) in [6.07, 6.45) is 0.943. The molecule has 274 valence electrons. The molecule has 0 saturated heterocycles. The molecule has 0 bridgehead atoms. The largest absolute Gasteiger partial charge is 0.478 e. The zero-order valence-electron chi connectivity index (χ0n) is 32.4. The predicted molar refractivity (Wildman–Crippen MR) is 219 cm³/mol. The first kappa shape index (κ1) is 35.5. The fourth-order valence-corrected chi connectivity index (χ4v) is 7.66. The fourth-order valence-electron chi connectivity index (χ4n) is 7.66. The highest BCUT2D eigenvalue weighted by Crippen LogP contribution is 2.39. The average Bonchev–Trinajstić information content (AvgIpc) is 3.19. The molecule has 2 aliphatic rings. The zero-order chi connectivity index (χ0) is 37.5. The molecule has 0 N–H and O–H groups in total. The summed E-state index contributed by atoms with van der Waals surface area (Å²) >= 11 is 0. The summed E-state index contributed by atoms with van der Waals surface area (Å²) in [5, 5.41) is 0. The molecule has 0 aromatic heterocycles. The Morgan fingerprint density at radius 1 is 0.537 bits per heavy atom. The normalized spacial score (nSPS) is 14.4. The van der Waals surface area contributed by atoms with E-state index in [1.54, 1.807) is 0 Å². The lowest BCUT2D eigenvalue weighted by Crippen LogP contribution is -2.32. The molecule has 0 radical (unpaired) electrons. The Hall–Kier alpha value is -5.52. The van der Waals surface area contributed by atoms with E-state index in [-0.39, 0.29) is 10.8 Å². The van der Waals surface area contributed by atoms with Crippen LogP contribution >= 0.6 is 0 Å². The van der Waals surface area contributed by atoms with Crippen LogP contribution in [0.25, 0.3) is 0 Å². The molecular formula is C49H50N2O3. The minimum Gasteiger partial charge on any atom is -0.478 e. The van der Waals surface area contributed by atoms with Gasteiger partial charge in [0.25, 0.3) is 0 Å². The molecular weight excluding hydrogens is 665 g/mol. The minimum atomic E-state index is -0.178. The monoisotopic (exact) mass is 714 g/mol. The molecule has 5 heteroatoms. The van der Waals surface area contributed by atoms with Gasteiger partial charge in [-0.3, -0.25) is 4.90 Å². The second-order valence-corrected chi connectivity index (χ2v) is 16.1. The van der Waals surface area contributed by atoms with Crippen LogP contribution < -0.4 is 19.1 Å². The second kappa shape index (κ2) is 14.4. The fraction of sp³-hybridized carbons (Fsp3) is 0.265. The van der Waals surface area contributed by atoms with Crippen molar-refractivity contribution >= 4 is 5.69 Å². The van der Waals surface area contributed by atoms with Crippen LogP contribution in [0.1, 0.15) is 77.8 Å². The van der Waals surface area contributed by atoms with Crippen LogP contribution in [0.4, 0.5) is 5.69 Å². The predicted octanol–water partition coefficient (Wildman–Crippen LogP) is 11.2. The number of ether oxygens (including phenoxy) is 3. The first-order valence-corrected chi connectivity index (χ1v) is 19.0. The van der Waals surface area contributed by atoms with Gasteiger partial charge in [0.2, 0.25) is 0 Å². The zero-order valence-corrected chi connectivity index (χ0v) is 32.4. The molecule has 0 atom stereocenters. The number of aryl methyl sites for hydroxylation is 1. The molecule has 0 fully saturated rings.